The normalized spacial score (nSPS) is 15.0. The molecule has 31 heavy (non-hydrogen) atoms. The van der Waals surface area contributed by atoms with Crippen LogP contribution in [-0.4, -0.2) is 20.3 Å². The topological polar surface area (TPSA) is 82.0 Å². The number of cyclic esters (lactones) is 1. The van der Waals surface area contributed by atoms with Crippen LogP contribution in [0, 0.1) is 6.92 Å². The number of aliphatic imine (C=N–C) groups is 1. The number of aryl methyl sites for hydroxylation is 1. The summed E-state index contributed by atoms with van der Waals surface area (Å²) in [5.74, 6) is -0.179. The van der Waals surface area contributed by atoms with Crippen molar-refractivity contribution in [2.45, 2.75) is 11.8 Å². The molecule has 0 saturated heterocycles. The fourth-order valence-electron chi connectivity index (χ4n) is 2.78. The molecule has 0 bridgehead atoms. The summed E-state index contributed by atoms with van der Waals surface area (Å²) < 4.78 is 35.1. The second kappa shape index (κ2) is 8.37. The van der Waals surface area contributed by atoms with Crippen molar-refractivity contribution >= 4 is 39.7 Å². The number of carbonyl (C=O) groups excluding carboxylic acids is 1. The average Bonchev–Trinajstić information content (AvgIpc) is 3.10. The van der Waals surface area contributed by atoms with E-state index >= 15 is 0 Å². The minimum absolute atomic E-state index is 0.00484. The molecule has 0 radical (unpaired) electrons. The zero-order valence-electron chi connectivity index (χ0n) is 16.3. The first-order chi connectivity index (χ1) is 14.8. The van der Waals surface area contributed by atoms with Crippen molar-refractivity contribution in [3.05, 3.63) is 100 Å². The number of hydrogen-bond donors (Lipinski definition) is 0. The molecule has 8 heteroatoms. The predicted octanol–water partition coefficient (Wildman–Crippen LogP) is 4.76. The van der Waals surface area contributed by atoms with Crippen LogP contribution in [0.3, 0.4) is 0 Å². The highest BCUT2D eigenvalue weighted by atomic mass is 35.5. The molecular formula is C23H16ClNO5S. The maximum Gasteiger partial charge on any atom is 0.363 e. The van der Waals surface area contributed by atoms with Gasteiger partial charge in [0.05, 0.1) is 0 Å². The molecule has 3 aromatic carbocycles. The number of hydrogen-bond acceptors (Lipinski definition) is 6. The third-order valence-electron chi connectivity index (χ3n) is 4.41. The van der Waals surface area contributed by atoms with E-state index in [1.165, 1.54) is 36.4 Å². The Morgan fingerprint density at radius 1 is 0.935 bits per heavy atom. The van der Waals surface area contributed by atoms with Gasteiger partial charge in [0, 0.05) is 10.6 Å². The zero-order chi connectivity index (χ0) is 22.0. The van der Waals surface area contributed by atoms with Crippen molar-refractivity contribution in [3.63, 3.8) is 0 Å². The summed E-state index contributed by atoms with van der Waals surface area (Å²) in [5.41, 5.74) is 2.58. The third kappa shape index (κ3) is 4.84. The molecule has 0 aromatic heterocycles. The SMILES string of the molecule is Cc1ccc(C2=N/C(=C\c3ccc(OS(=O)(=O)c4ccc(Cl)cc4)cc3)C(=O)O2)cc1. The number of esters is 1. The summed E-state index contributed by atoms with van der Waals surface area (Å²) in [6.07, 6.45) is 1.56. The van der Waals surface area contributed by atoms with Crippen LogP contribution in [0.4, 0.5) is 0 Å². The molecule has 0 unspecified atom stereocenters. The maximum absolute atomic E-state index is 12.4. The van der Waals surface area contributed by atoms with Gasteiger partial charge in [-0.3, -0.25) is 0 Å². The molecule has 0 N–H and O–H groups in total. The summed E-state index contributed by atoms with van der Waals surface area (Å²) in [7, 11) is -3.99. The van der Waals surface area contributed by atoms with Crippen molar-refractivity contribution in [2.24, 2.45) is 4.99 Å². The van der Waals surface area contributed by atoms with Crippen molar-refractivity contribution < 1.29 is 22.1 Å². The Morgan fingerprint density at radius 2 is 1.58 bits per heavy atom. The quantitative estimate of drug-likeness (QED) is 0.316. The average molecular weight is 454 g/mol. The van der Waals surface area contributed by atoms with Crippen molar-refractivity contribution in [3.8, 4) is 5.75 Å². The van der Waals surface area contributed by atoms with E-state index in [1.807, 2.05) is 31.2 Å². The van der Waals surface area contributed by atoms with Gasteiger partial charge >= 0.3 is 16.1 Å². The lowest BCUT2D eigenvalue weighted by atomic mass is 10.1. The second-order valence-electron chi connectivity index (χ2n) is 6.76. The van der Waals surface area contributed by atoms with Crippen molar-refractivity contribution in [2.75, 3.05) is 0 Å². The van der Waals surface area contributed by atoms with Crippen molar-refractivity contribution in [1.29, 1.82) is 0 Å². The number of rotatable bonds is 5. The summed E-state index contributed by atoms with van der Waals surface area (Å²) >= 11 is 5.79. The second-order valence-corrected chi connectivity index (χ2v) is 8.75. The van der Waals surface area contributed by atoms with Crippen LogP contribution in [0.15, 0.2) is 88.4 Å². The Balaban J connectivity index is 1.51. The Labute approximate surface area is 184 Å². The molecule has 0 atom stereocenters. The maximum atomic E-state index is 12.4. The van der Waals surface area contributed by atoms with E-state index in [1.54, 1.807) is 18.2 Å². The van der Waals surface area contributed by atoms with Crippen LogP contribution in [0.25, 0.3) is 6.08 Å². The summed E-state index contributed by atoms with van der Waals surface area (Å²) in [5, 5.41) is 0.426. The summed E-state index contributed by atoms with van der Waals surface area (Å²) in [6, 6.07) is 19.4. The van der Waals surface area contributed by atoms with Crippen LogP contribution in [0.1, 0.15) is 16.7 Å². The standard InChI is InChI=1S/C23H16ClNO5S/c1-15-2-6-17(7-3-15)22-25-21(23(26)29-22)14-16-4-10-19(11-5-16)30-31(27,28)20-12-8-18(24)9-13-20/h2-14H,1H3/b21-14-. The van der Waals surface area contributed by atoms with Gasteiger partial charge in [-0.05, 0) is 67.1 Å². The fraction of sp³-hybridized carbons (Fsp3) is 0.0435. The van der Waals surface area contributed by atoms with E-state index < -0.39 is 16.1 Å². The molecule has 1 aliphatic heterocycles. The number of benzene rings is 3. The first-order valence-electron chi connectivity index (χ1n) is 9.20. The highest BCUT2D eigenvalue weighted by molar-refractivity contribution is 7.87. The number of halogens is 1. The summed E-state index contributed by atoms with van der Waals surface area (Å²) in [6.45, 7) is 1.96. The van der Waals surface area contributed by atoms with E-state index in [9.17, 15) is 13.2 Å². The Kier molecular flexibility index (Phi) is 5.63. The minimum atomic E-state index is -3.99. The third-order valence-corrected chi connectivity index (χ3v) is 5.92. The van der Waals surface area contributed by atoms with Crippen LogP contribution in [0.2, 0.25) is 5.02 Å². The number of carbonyl (C=O) groups is 1. The highest BCUT2D eigenvalue weighted by Gasteiger charge is 2.24. The Morgan fingerprint density at radius 3 is 2.23 bits per heavy atom. The lowest BCUT2D eigenvalue weighted by molar-refractivity contribution is -0.129. The molecule has 0 amide bonds. The van der Waals surface area contributed by atoms with E-state index in [0.29, 0.717) is 16.1 Å². The van der Waals surface area contributed by atoms with Gasteiger partial charge in [-0.15, -0.1) is 0 Å². The molecule has 1 aliphatic rings. The molecule has 0 fully saturated rings. The molecule has 3 aromatic rings. The van der Waals surface area contributed by atoms with Gasteiger partial charge in [0.25, 0.3) is 0 Å². The summed E-state index contributed by atoms with van der Waals surface area (Å²) in [4.78, 5) is 16.4. The van der Waals surface area contributed by atoms with Crippen LogP contribution in [0.5, 0.6) is 5.75 Å². The lowest BCUT2D eigenvalue weighted by Gasteiger charge is -2.07. The molecule has 6 nitrogen and oxygen atoms in total. The molecule has 1 heterocycles. The minimum Gasteiger partial charge on any atom is -0.402 e. The molecule has 0 spiro atoms. The van der Waals surface area contributed by atoms with Crippen LogP contribution in [-0.2, 0) is 19.6 Å². The van der Waals surface area contributed by atoms with Gasteiger partial charge in [0.1, 0.15) is 10.6 Å². The molecule has 0 saturated carbocycles. The first kappa shape index (κ1) is 20.8. The molecule has 0 aliphatic carbocycles. The van der Waals surface area contributed by atoms with E-state index in [-0.39, 0.29) is 22.2 Å². The van der Waals surface area contributed by atoms with Gasteiger partial charge in [-0.2, -0.15) is 8.42 Å². The van der Waals surface area contributed by atoms with Gasteiger partial charge in [-0.1, -0.05) is 41.4 Å². The predicted molar refractivity (Wildman–Crippen MR) is 117 cm³/mol. The fourth-order valence-corrected chi connectivity index (χ4v) is 3.84. The highest BCUT2D eigenvalue weighted by Crippen LogP contribution is 2.23. The van der Waals surface area contributed by atoms with Gasteiger partial charge in [-0.25, -0.2) is 9.79 Å². The molecular weight excluding hydrogens is 438 g/mol. The molecule has 4 rings (SSSR count). The van der Waals surface area contributed by atoms with Gasteiger partial charge < -0.3 is 8.92 Å². The number of nitrogens with zero attached hydrogens (tertiary/aromatic N) is 1. The first-order valence-corrected chi connectivity index (χ1v) is 11.0. The Hall–Kier alpha value is -3.42. The zero-order valence-corrected chi connectivity index (χ0v) is 17.9. The Bertz CT molecular complexity index is 1290. The van der Waals surface area contributed by atoms with Gasteiger partial charge in [0.15, 0.2) is 5.70 Å². The smallest absolute Gasteiger partial charge is 0.363 e. The monoisotopic (exact) mass is 453 g/mol. The lowest BCUT2D eigenvalue weighted by Crippen LogP contribution is -2.09. The van der Waals surface area contributed by atoms with E-state index in [4.69, 9.17) is 20.5 Å². The van der Waals surface area contributed by atoms with Crippen LogP contribution < -0.4 is 4.18 Å². The van der Waals surface area contributed by atoms with Crippen molar-refractivity contribution in [1.82, 2.24) is 0 Å². The van der Waals surface area contributed by atoms with E-state index in [2.05, 4.69) is 4.99 Å². The van der Waals surface area contributed by atoms with Gasteiger partial charge in [0.2, 0.25) is 5.90 Å². The van der Waals surface area contributed by atoms with E-state index in [0.717, 1.165) is 5.56 Å². The largest absolute Gasteiger partial charge is 0.402 e. The number of ether oxygens (including phenoxy) is 1. The van der Waals surface area contributed by atoms with Crippen LogP contribution >= 0.6 is 11.6 Å². The molecule has 156 valence electrons.